The highest BCUT2D eigenvalue weighted by Crippen LogP contribution is 2.29. The Morgan fingerprint density at radius 1 is 1.24 bits per heavy atom. The first-order valence-corrected chi connectivity index (χ1v) is 9.47. The van der Waals surface area contributed by atoms with Gasteiger partial charge in [-0.2, -0.15) is 4.98 Å². The van der Waals surface area contributed by atoms with Crippen LogP contribution in [0.1, 0.15) is 23.7 Å². The number of nitrogens with one attached hydrogen (secondary N) is 1. The molecule has 0 unspecified atom stereocenters. The Kier molecular flexibility index (Phi) is 6.43. The lowest BCUT2D eigenvalue weighted by Crippen LogP contribution is -2.47. The monoisotopic (exact) mass is 400 g/mol. The molecular formula is C19H24N6O4. The third-order valence-corrected chi connectivity index (χ3v) is 4.70. The van der Waals surface area contributed by atoms with Crippen molar-refractivity contribution in [1.29, 1.82) is 0 Å². The molecule has 0 saturated carbocycles. The maximum absolute atomic E-state index is 12.2. The fraction of sp³-hybridized carbons (Fsp3) is 0.421. The smallest absolute Gasteiger partial charge is 0.292 e. The van der Waals surface area contributed by atoms with Crippen LogP contribution in [0.4, 0.5) is 17.3 Å². The van der Waals surface area contributed by atoms with Crippen molar-refractivity contribution in [2.24, 2.45) is 0 Å². The maximum Gasteiger partial charge on any atom is 0.292 e. The van der Waals surface area contributed by atoms with Gasteiger partial charge in [0.15, 0.2) is 0 Å². The first kappa shape index (κ1) is 20.3. The molecule has 10 heteroatoms. The quantitative estimate of drug-likeness (QED) is 0.553. The Hall–Kier alpha value is -3.43. The zero-order chi connectivity index (χ0) is 20.8. The van der Waals surface area contributed by atoms with Crippen molar-refractivity contribution in [3.8, 4) is 5.88 Å². The Morgan fingerprint density at radius 3 is 2.59 bits per heavy atom. The van der Waals surface area contributed by atoms with Crippen molar-refractivity contribution in [2.75, 3.05) is 49.6 Å². The fourth-order valence-corrected chi connectivity index (χ4v) is 3.19. The van der Waals surface area contributed by atoms with Crippen molar-refractivity contribution >= 4 is 23.2 Å². The van der Waals surface area contributed by atoms with Gasteiger partial charge in [-0.15, -0.1) is 0 Å². The number of nitro groups is 1. The number of hydrogen-bond donors (Lipinski definition) is 1. The summed E-state index contributed by atoms with van der Waals surface area (Å²) in [6.45, 7) is 4.91. The molecule has 1 aliphatic rings. The van der Waals surface area contributed by atoms with E-state index < -0.39 is 0 Å². The first-order valence-electron chi connectivity index (χ1n) is 9.47. The normalized spacial score (nSPS) is 13.9. The minimum absolute atomic E-state index is 0.0984. The molecule has 1 aliphatic heterocycles. The topological polar surface area (TPSA) is 114 Å². The highest BCUT2D eigenvalue weighted by Gasteiger charge is 2.25. The number of hydrogen-bond acceptors (Lipinski definition) is 8. The molecular weight excluding hydrogens is 376 g/mol. The van der Waals surface area contributed by atoms with Crippen molar-refractivity contribution in [3.63, 3.8) is 0 Å². The summed E-state index contributed by atoms with van der Waals surface area (Å²) in [4.78, 5) is 35.8. The van der Waals surface area contributed by atoms with Crippen LogP contribution in [0, 0.1) is 10.1 Å². The minimum atomic E-state index is -0.363. The number of para-hydroxylation sites is 2. The number of anilines is 2. The second-order valence-electron chi connectivity index (χ2n) is 6.57. The number of nitrogens with zero attached hydrogens (tertiary/aromatic N) is 5. The number of methoxy groups -OCH3 is 1. The lowest BCUT2D eigenvalue weighted by Gasteiger charge is -2.35. The number of amides is 1. The van der Waals surface area contributed by atoms with Gasteiger partial charge in [0.05, 0.1) is 12.0 Å². The van der Waals surface area contributed by atoms with Crippen LogP contribution < -0.4 is 19.9 Å². The van der Waals surface area contributed by atoms with E-state index >= 15 is 0 Å². The lowest BCUT2D eigenvalue weighted by atomic mass is 10.2. The van der Waals surface area contributed by atoms with Gasteiger partial charge in [-0.3, -0.25) is 14.9 Å². The molecule has 0 spiro atoms. The Bertz CT molecular complexity index is 883. The van der Waals surface area contributed by atoms with Crippen LogP contribution in [-0.4, -0.2) is 60.6 Å². The Morgan fingerprint density at radius 2 is 1.93 bits per heavy atom. The second-order valence-corrected chi connectivity index (χ2v) is 6.57. The van der Waals surface area contributed by atoms with Gasteiger partial charge in [0, 0.05) is 45.0 Å². The zero-order valence-electron chi connectivity index (χ0n) is 16.5. The summed E-state index contributed by atoms with van der Waals surface area (Å²) >= 11 is 0. The molecule has 154 valence electrons. The zero-order valence-corrected chi connectivity index (χ0v) is 16.5. The van der Waals surface area contributed by atoms with Crippen LogP contribution >= 0.6 is 0 Å². The first-order chi connectivity index (χ1) is 14.0. The molecule has 0 bridgehead atoms. The van der Waals surface area contributed by atoms with Crippen LogP contribution in [-0.2, 0) is 0 Å². The van der Waals surface area contributed by atoms with Gasteiger partial charge in [0.25, 0.3) is 11.6 Å². The van der Waals surface area contributed by atoms with Crippen LogP contribution in [0.3, 0.4) is 0 Å². The van der Waals surface area contributed by atoms with E-state index in [1.165, 1.54) is 19.4 Å². The van der Waals surface area contributed by atoms with E-state index in [0.717, 1.165) is 6.42 Å². The largest absolute Gasteiger partial charge is 0.480 e. The summed E-state index contributed by atoms with van der Waals surface area (Å²) in [6.07, 6.45) is 2.30. The molecule has 1 aromatic carbocycles. The summed E-state index contributed by atoms with van der Waals surface area (Å²) in [5.41, 5.74) is 1.00. The second kappa shape index (κ2) is 9.18. The van der Waals surface area contributed by atoms with Gasteiger partial charge in [0.2, 0.25) is 11.8 Å². The Balaban J connectivity index is 1.71. The van der Waals surface area contributed by atoms with E-state index in [1.807, 2.05) is 16.7 Å². The molecule has 3 rings (SSSR count). The number of rotatable bonds is 7. The van der Waals surface area contributed by atoms with Crippen molar-refractivity contribution in [1.82, 2.24) is 15.3 Å². The number of piperazine rings is 1. The third-order valence-electron chi connectivity index (χ3n) is 4.70. The number of ether oxygens (including phenoxy) is 1. The van der Waals surface area contributed by atoms with Crippen molar-refractivity contribution < 1.29 is 14.5 Å². The van der Waals surface area contributed by atoms with E-state index in [0.29, 0.717) is 49.9 Å². The van der Waals surface area contributed by atoms with E-state index in [-0.39, 0.29) is 22.4 Å². The Labute approximate surface area is 168 Å². The van der Waals surface area contributed by atoms with Crippen LogP contribution in [0.25, 0.3) is 0 Å². The van der Waals surface area contributed by atoms with Crippen molar-refractivity contribution in [2.45, 2.75) is 13.3 Å². The van der Waals surface area contributed by atoms with Gasteiger partial charge in [-0.1, -0.05) is 19.1 Å². The summed E-state index contributed by atoms with van der Waals surface area (Å²) in [5, 5.41) is 14.1. The summed E-state index contributed by atoms with van der Waals surface area (Å²) in [5.74, 6) is 0.428. The number of benzene rings is 1. The molecule has 1 saturated heterocycles. The number of carbonyl (C=O) groups excluding carboxylic acids is 1. The molecule has 2 heterocycles. The number of nitro benzene ring substituents is 1. The highest BCUT2D eigenvalue weighted by molar-refractivity contribution is 5.96. The molecule has 1 N–H and O–H groups in total. The van der Waals surface area contributed by atoms with E-state index in [1.54, 1.807) is 18.2 Å². The number of aromatic nitrogens is 2. The molecule has 0 radical (unpaired) electrons. The molecule has 2 aromatic rings. The predicted octanol–water partition coefficient (Wildman–Crippen LogP) is 1.86. The maximum atomic E-state index is 12.2. The SMILES string of the molecule is CCCNC(=O)c1cnc(N2CCN(c3ccccc3[N+](=O)[O-])CC2)nc1OC. The van der Waals surface area contributed by atoms with Gasteiger partial charge in [-0.05, 0) is 12.5 Å². The van der Waals surface area contributed by atoms with E-state index in [2.05, 4.69) is 15.3 Å². The lowest BCUT2D eigenvalue weighted by molar-refractivity contribution is -0.384. The summed E-state index contributed by atoms with van der Waals surface area (Å²) in [7, 11) is 1.47. The molecule has 1 amide bonds. The highest BCUT2D eigenvalue weighted by atomic mass is 16.6. The van der Waals surface area contributed by atoms with Crippen LogP contribution in [0.15, 0.2) is 30.5 Å². The molecule has 1 fully saturated rings. The standard InChI is InChI=1S/C19H24N6O4/c1-3-8-20-17(26)14-13-21-19(22-18(14)29-2)24-11-9-23(10-12-24)15-6-4-5-7-16(15)25(27)28/h4-7,13H,3,8-12H2,1-2H3,(H,20,26). The van der Waals surface area contributed by atoms with Gasteiger partial charge in [-0.25, -0.2) is 4.98 Å². The van der Waals surface area contributed by atoms with Crippen LogP contribution in [0.2, 0.25) is 0 Å². The number of carbonyl (C=O) groups is 1. The molecule has 1 aromatic heterocycles. The summed E-state index contributed by atoms with van der Waals surface area (Å²) < 4.78 is 5.29. The van der Waals surface area contributed by atoms with Crippen LogP contribution in [0.5, 0.6) is 5.88 Å². The fourth-order valence-electron chi connectivity index (χ4n) is 3.19. The van der Waals surface area contributed by atoms with E-state index in [9.17, 15) is 14.9 Å². The van der Waals surface area contributed by atoms with Crippen molar-refractivity contribution in [3.05, 3.63) is 46.1 Å². The van der Waals surface area contributed by atoms with Gasteiger partial charge >= 0.3 is 0 Å². The molecule has 10 nitrogen and oxygen atoms in total. The summed E-state index contributed by atoms with van der Waals surface area (Å²) in [6, 6.07) is 6.73. The van der Waals surface area contributed by atoms with Gasteiger partial charge < -0.3 is 19.9 Å². The predicted molar refractivity (Wildman–Crippen MR) is 109 cm³/mol. The average molecular weight is 400 g/mol. The third kappa shape index (κ3) is 4.53. The molecule has 29 heavy (non-hydrogen) atoms. The average Bonchev–Trinajstić information content (AvgIpc) is 2.77. The molecule has 0 aliphatic carbocycles. The minimum Gasteiger partial charge on any atom is -0.480 e. The van der Waals surface area contributed by atoms with Gasteiger partial charge in [0.1, 0.15) is 11.3 Å². The molecule has 0 atom stereocenters. The van der Waals surface area contributed by atoms with E-state index in [4.69, 9.17) is 4.74 Å².